The summed E-state index contributed by atoms with van der Waals surface area (Å²) in [7, 11) is 0. The van der Waals surface area contributed by atoms with Crippen LogP contribution >= 0.6 is 0 Å². The zero-order valence-corrected chi connectivity index (χ0v) is 11.7. The largest absolute Gasteiger partial charge is 0.480 e. The van der Waals surface area contributed by atoms with Gasteiger partial charge in [0.05, 0.1) is 0 Å². The number of carboxylic acids is 1. The molecule has 0 bridgehead atoms. The summed E-state index contributed by atoms with van der Waals surface area (Å²) in [5, 5.41) is 12.8. The lowest BCUT2D eigenvalue weighted by Crippen LogP contribution is -2.47. The van der Waals surface area contributed by atoms with E-state index in [4.69, 9.17) is 0 Å². The Kier molecular flexibility index (Phi) is 4.25. The summed E-state index contributed by atoms with van der Waals surface area (Å²) in [6.07, 6.45) is 4.64. The average molecular weight is 261 g/mol. The zero-order valence-electron chi connectivity index (χ0n) is 11.7. The highest BCUT2D eigenvalue weighted by atomic mass is 16.4. The van der Waals surface area contributed by atoms with Crippen LogP contribution in [-0.2, 0) is 4.79 Å². The molecular weight excluding hydrogens is 238 g/mol. The van der Waals surface area contributed by atoms with Gasteiger partial charge in [-0.15, -0.1) is 0 Å². The van der Waals surface area contributed by atoms with Crippen LogP contribution in [0.4, 0.5) is 0 Å². The van der Waals surface area contributed by atoms with E-state index in [2.05, 4.69) is 19.2 Å². The Morgan fingerprint density at radius 1 is 1.32 bits per heavy atom. The topological polar surface area (TPSA) is 49.3 Å². The molecule has 1 aliphatic carbocycles. The number of nitrogens with one attached hydrogen (secondary N) is 1. The van der Waals surface area contributed by atoms with Gasteiger partial charge in [-0.2, -0.15) is 0 Å². The molecule has 2 rings (SSSR count). The van der Waals surface area contributed by atoms with Crippen LogP contribution < -0.4 is 5.32 Å². The Morgan fingerprint density at radius 3 is 2.58 bits per heavy atom. The van der Waals surface area contributed by atoms with Crippen LogP contribution in [0.3, 0.4) is 0 Å². The monoisotopic (exact) mass is 261 g/mol. The van der Waals surface area contributed by atoms with Crippen molar-refractivity contribution in [2.45, 2.75) is 51.6 Å². The third-order valence-electron chi connectivity index (χ3n) is 4.25. The second-order valence-electron chi connectivity index (χ2n) is 6.14. The third kappa shape index (κ3) is 3.35. The van der Waals surface area contributed by atoms with Gasteiger partial charge in [0.25, 0.3) is 0 Å². The fraction of sp³-hybridized carbons (Fsp3) is 0.562. The molecule has 3 nitrogen and oxygen atoms in total. The van der Waals surface area contributed by atoms with E-state index in [0.717, 1.165) is 18.4 Å². The Bertz CT molecular complexity index is 428. The maximum absolute atomic E-state index is 11.5. The number of hydrogen-bond acceptors (Lipinski definition) is 2. The van der Waals surface area contributed by atoms with E-state index < -0.39 is 12.0 Å². The van der Waals surface area contributed by atoms with Crippen LogP contribution in [0.25, 0.3) is 0 Å². The molecule has 0 heterocycles. The third-order valence-corrected chi connectivity index (χ3v) is 4.25. The quantitative estimate of drug-likeness (QED) is 0.873. The van der Waals surface area contributed by atoms with Gasteiger partial charge in [-0.3, -0.25) is 10.1 Å². The second kappa shape index (κ2) is 5.74. The summed E-state index contributed by atoms with van der Waals surface area (Å²) in [6, 6.07) is 9.10. The molecule has 1 aromatic carbocycles. The maximum Gasteiger partial charge on any atom is 0.325 e. The standard InChI is InChI=1S/C16H23NO2/c1-16(2)11-7-6-10-13(16)17-14(15(18)19)12-8-4-3-5-9-12/h3-5,8-9,13-14,17H,6-7,10-11H2,1-2H3,(H,18,19). The van der Waals surface area contributed by atoms with Crippen LogP contribution in [-0.4, -0.2) is 17.1 Å². The van der Waals surface area contributed by atoms with Crippen molar-refractivity contribution in [3.05, 3.63) is 35.9 Å². The van der Waals surface area contributed by atoms with Gasteiger partial charge in [0.15, 0.2) is 0 Å². The van der Waals surface area contributed by atoms with Gasteiger partial charge >= 0.3 is 5.97 Å². The number of carboxylic acid groups (broad SMARTS) is 1. The van der Waals surface area contributed by atoms with Crippen LogP contribution in [0, 0.1) is 5.41 Å². The fourth-order valence-electron chi connectivity index (χ4n) is 2.96. The van der Waals surface area contributed by atoms with Crippen molar-refractivity contribution in [2.24, 2.45) is 5.41 Å². The first kappa shape index (κ1) is 14.1. The van der Waals surface area contributed by atoms with E-state index in [0.29, 0.717) is 0 Å². The highest BCUT2D eigenvalue weighted by Crippen LogP contribution is 2.36. The minimum Gasteiger partial charge on any atom is -0.480 e. The van der Waals surface area contributed by atoms with Crippen molar-refractivity contribution >= 4 is 5.97 Å². The van der Waals surface area contributed by atoms with Crippen LogP contribution in [0.1, 0.15) is 51.1 Å². The van der Waals surface area contributed by atoms with Gasteiger partial charge in [-0.25, -0.2) is 0 Å². The molecule has 19 heavy (non-hydrogen) atoms. The molecule has 3 heteroatoms. The summed E-state index contributed by atoms with van der Waals surface area (Å²) in [5.41, 5.74) is 0.997. The van der Waals surface area contributed by atoms with Crippen LogP contribution in [0.15, 0.2) is 30.3 Å². The van der Waals surface area contributed by atoms with Crippen molar-refractivity contribution in [1.82, 2.24) is 5.32 Å². The lowest BCUT2D eigenvalue weighted by atomic mass is 9.73. The maximum atomic E-state index is 11.5. The van der Waals surface area contributed by atoms with Gasteiger partial charge in [0.1, 0.15) is 6.04 Å². The number of aliphatic carboxylic acids is 1. The molecule has 0 spiro atoms. The van der Waals surface area contributed by atoms with Crippen molar-refractivity contribution < 1.29 is 9.90 Å². The Morgan fingerprint density at radius 2 is 2.00 bits per heavy atom. The Labute approximate surface area is 115 Å². The number of carbonyl (C=O) groups is 1. The summed E-state index contributed by atoms with van der Waals surface area (Å²) in [4.78, 5) is 11.5. The smallest absolute Gasteiger partial charge is 0.325 e. The summed E-state index contributed by atoms with van der Waals surface area (Å²) in [6.45, 7) is 4.46. The van der Waals surface area contributed by atoms with Crippen molar-refractivity contribution in [3.63, 3.8) is 0 Å². The van der Waals surface area contributed by atoms with E-state index in [-0.39, 0.29) is 11.5 Å². The highest BCUT2D eigenvalue weighted by molar-refractivity contribution is 5.75. The SMILES string of the molecule is CC1(C)CCCCC1NC(C(=O)O)c1ccccc1. The number of benzene rings is 1. The Hall–Kier alpha value is -1.35. The average Bonchev–Trinajstić information content (AvgIpc) is 2.37. The van der Waals surface area contributed by atoms with E-state index >= 15 is 0 Å². The molecule has 0 aliphatic heterocycles. The highest BCUT2D eigenvalue weighted by Gasteiger charge is 2.35. The summed E-state index contributed by atoms with van der Waals surface area (Å²) < 4.78 is 0. The second-order valence-corrected chi connectivity index (χ2v) is 6.14. The molecule has 2 atom stereocenters. The predicted molar refractivity (Wildman–Crippen MR) is 76.0 cm³/mol. The molecule has 2 N–H and O–H groups in total. The van der Waals surface area contributed by atoms with E-state index in [1.807, 2.05) is 30.3 Å². The summed E-state index contributed by atoms with van der Waals surface area (Å²) in [5.74, 6) is -0.799. The first-order valence-electron chi connectivity index (χ1n) is 7.04. The van der Waals surface area contributed by atoms with Gasteiger partial charge in [0.2, 0.25) is 0 Å². The normalized spacial score (nSPS) is 23.8. The minimum absolute atomic E-state index is 0.167. The number of rotatable bonds is 4. The molecule has 1 aliphatic rings. The van der Waals surface area contributed by atoms with Crippen LogP contribution in [0.2, 0.25) is 0 Å². The Balaban J connectivity index is 2.15. The van der Waals surface area contributed by atoms with Gasteiger partial charge in [-0.1, -0.05) is 57.0 Å². The van der Waals surface area contributed by atoms with E-state index in [1.54, 1.807) is 0 Å². The molecule has 1 saturated carbocycles. The predicted octanol–water partition coefficient (Wildman–Crippen LogP) is 3.37. The number of hydrogen-bond donors (Lipinski definition) is 2. The molecular formula is C16H23NO2. The van der Waals surface area contributed by atoms with Gasteiger partial charge < -0.3 is 5.11 Å². The molecule has 1 aromatic rings. The zero-order chi connectivity index (χ0) is 13.9. The molecule has 0 saturated heterocycles. The van der Waals surface area contributed by atoms with Crippen molar-refractivity contribution in [1.29, 1.82) is 0 Å². The van der Waals surface area contributed by atoms with E-state index in [9.17, 15) is 9.90 Å². The lowest BCUT2D eigenvalue weighted by Gasteiger charge is -2.40. The first-order valence-corrected chi connectivity index (χ1v) is 7.04. The molecule has 0 aromatic heterocycles. The van der Waals surface area contributed by atoms with Gasteiger partial charge in [0, 0.05) is 6.04 Å². The van der Waals surface area contributed by atoms with E-state index in [1.165, 1.54) is 12.8 Å². The lowest BCUT2D eigenvalue weighted by molar-refractivity contribution is -0.140. The molecule has 104 valence electrons. The molecule has 0 amide bonds. The molecule has 2 unspecified atom stereocenters. The molecule has 1 fully saturated rings. The van der Waals surface area contributed by atoms with Crippen molar-refractivity contribution in [3.8, 4) is 0 Å². The van der Waals surface area contributed by atoms with Gasteiger partial charge in [-0.05, 0) is 23.8 Å². The van der Waals surface area contributed by atoms with Crippen LogP contribution in [0.5, 0.6) is 0 Å². The first-order chi connectivity index (χ1) is 9.00. The minimum atomic E-state index is -0.799. The summed E-state index contributed by atoms with van der Waals surface area (Å²) >= 11 is 0. The fourth-order valence-corrected chi connectivity index (χ4v) is 2.96. The molecule has 0 radical (unpaired) electrons. The van der Waals surface area contributed by atoms with Crippen molar-refractivity contribution in [2.75, 3.05) is 0 Å².